The smallest absolute Gasteiger partial charge is 0.208 e. The Kier molecular flexibility index (Phi) is 4.83. The van der Waals surface area contributed by atoms with Gasteiger partial charge in [0.15, 0.2) is 0 Å². The van der Waals surface area contributed by atoms with E-state index in [9.17, 15) is 8.42 Å². The molecule has 0 aliphatic carbocycles. The Balaban J connectivity index is 1.87. The van der Waals surface area contributed by atoms with Crippen LogP contribution >= 0.6 is 0 Å². The summed E-state index contributed by atoms with van der Waals surface area (Å²) in [5.41, 5.74) is 2.90. The molecule has 2 aromatic rings. The van der Waals surface area contributed by atoms with E-state index in [1.807, 2.05) is 12.1 Å². The number of hydrogen-bond donors (Lipinski definition) is 3. The lowest BCUT2D eigenvalue weighted by atomic mass is 10.1. The molecule has 0 fully saturated rings. The number of hydrogen-bond acceptors (Lipinski definition) is 5. The minimum Gasteiger partial charge on any atom is -0.311 e. The second-order valence-electron chi connectivity index (χ2n) is 4.36. The average molecular weight is 295 g/mol. The van der Waals surface area contributed by atoms with Crippen molar-refractivity contribution in [1.82, 2.24) is 25.2 Å². The van der Waals surface area contributed by atoms with Crippen LogP contribution in [0.5, 0.6) is 0 Å². The zero-order chi connectivity index (χ0) is 14.4. The number of nitrogens with one attached hydrogen (secondary N) is 3. The summed E-state index contributed by atoms with van der Waals surface area (Å²) in [7, 11) is -3.13. The van der Waals surface area contributed by atoms with Gasteiger partial charge in [-0.2, -0.15) is 5.10 Å². The maximum Gasteiger partial charge on any atom is 0.208 e. The van der Waals surface area contributed by atoms with E-state index >= 15 is 0 Å². The van der Waals surface area contributed by atoms with Crippen LogP contribution in [0.3, 0.4) is 0 Å². The van der Waals surface area contributed by atoms with Crippen LogP contribution in [-0.4, -0.2) is 42.9 Å². The van der Waals surface area contributed by atoms with Crippen LogP contribution in [0, 0.1) is 0 Å². The highest BCUT2D eigenvalue weighted by Gasteiger charge is 2.07. The van der Waals surface area contributed by atoms with Crippen LogP contribution in [-0.2, 0) is 16.6 Å². The molecule has 0 saturated heterocycles. The first-order chi connectivity index (χ1) is 9.56. The monoisotopic (exact) mass is 295 g/mol. The molecule has 8 heteroatoms. The summed E-state index contributed by atoms with van der Waals surface area (Å²) < 4.78 is 24.2. The lowest BCUT2D eigenvalue weighted by Crippen LogP contribution is -2.30. The second kappa shape index (κ2) is 6.60. The van der Waals surface area contributed by atoms with Gasteiger partial charge < -0.3 is 5.32 Å². The maximum atomic E-state index is 10.9. The fourth-order valence-electron chi connectivity index (χ4n) is 1.75. The van der Waals surface area contributed by atoms with Crippen LogP contribution in [0.1, 0.15) is 5.56 Å². The number of pyridine rings is 1. The van der Waals surface area contributed by atoms with E-state index in [1.165, 1.54) is 0 Å². The minimum absolute atomic E-state index is 0.360. The summed E-state index contributed by atoms with van der Waals surface area (Å²) in [6.07, 6.45) is 6.37. The molecule has 0 amide bonds. The molecule has 108 valence electrons. The van der Waals surface area contributed by atoms with Gasteiger partial charge in [0.25, 0.3) is 0 Å². The van der Waals surface area contributed by atoms with Gasteiger partial charge in [-0.25, -0.2) is 13.1 Å². The SMILES string of the molecule is CS(=O)(=O)NCCNCc1cn[nH]c1-c1cccnc1. The molecule has 2 rings (SSSR count). The van der Waals surface area contributed by atoms with Gasteiger partial charge in [-0.1, -0.05) is 0 Å². The molecule has 2 heterocycles. The molecule has 0 aliphatic rings. The highest BCUT2D eigenvalue weighted by atomic mass is 32.2. The third kappa shape index (κ3) is 4.41. The van der Waals surface area contributed by atoms with Crippen molar-refractivity contribution in [3.05, 3.63) is 36.3 Å². The largest absolute Gasteiger partial charge is 0.311 e. The van der Waals surface area contributed by atoms with E-state index in [0.717, 1.165) is 23.1 Å². The van der Waals surface area contributed by atoms with Crippen LogP contribution in [0.2, 0.25) is 0 Å². The molecule has 0 radical (unpaired) electrons. The van der Waals surface area contributed by atoms with Gasteiger partial charge in [0.2, 0.25) is 10.0 Å². The van der Waals surface area contributed by atoms with Gasteiger partial charge in [0.1, 0.15) is 0 Å². The van der Waals surface area contributed by atoms with Crippen LogP contribution in [0.4, 0.5) is 0 Å². The van der Waals surface area contributed by atoms with Gasteiger partial charge in [-0.05, 0) is 12.1 Å². The average Bonchev–Trinajstić information content (AvgIpc) is 2.86. The van der Waals surface area contributed by atoms with Gasteiger partial charge in [-0.3, -0.25) is 10.1 Å². The normalized spacial score (nSPS) is 11.7. The fraction of sp³-hybridized carbons (Fsp3) is 0.333. The summed E-state index contributed by atoms with van der Waals surface area (Å²) in [6.45, 7) is 1.51. The number of nitrogens with zero attached hydrogens (tertiary/aromatic N) is 2. The Labute approximate surface area is 117 Å². The Morgan fingerprint density at radius 3 is 2.85 bits per heavy atom. The number of rotatable bonds is 7. The van der Waals surface area contributed by atoms with Gasteiger partial charge in [0, 0.05) is 43.2 Å². The highest BCUT2D eigenvalue weighted by molar-refractivity contribution is 7.88. The van der Waals surface area contributed by atoms with Gasteiger partial charge >= 0.3 is 0 Å². The van der Waals surface area contributed by atoms with Crippen LogP contribution in [0.25, 0.3) is 11.3 Å². The van der Waals surface area contributed by atoms with Crippen molar-refractivity contribution < 1.29 is 8.42 Å². The van der Waals surface area contributed by atoms with Crippen molar-refractivity contribution in [3.63, 3.8) is 0 Å². The Hall–Kier alpha value is -1.77. The molecule has 0 unspecified atom stereocenters. The summed E-state index contributed by atoms with van der Waals surface area (Å²) in [5, 5.41) is 10.1. The summed E-state index contributed by atoms with van der Waals surface area (Å²) in [5.74, 6) is 0. The van der Waals surface area contributed by atoms with E-state index in [1.54, 1.807) is 18.6 Å². The Morgan fingerprint density at radius 2 is 2.15 bits per heavy atom. The van der Waals surface area contributed by atoms with Crippen molar-refractivity contribution in [2.75, 3.05) is 19.3 Å². The molecule has 0 atom stereocenters. The third-order valence-corrected chi connectivity index (χ3v) is 3.38. The van der Waals surface area contributed by atoms with Crippen molar-refractivity contribution in [2.24, 2.45) is 0 Å². The van der Waals surface area contributed by atoms with Crippen molar-refractivity contribution in [2.45, 2.75) is 6.54 Å². The zero-order valence-corrected chi connectivity index (χ0v) is 11.9. The Bertz CT molecular complexity index is 639. The molecule has 0 spiro atoms. The minimum atomic E-state index is -3.13. The van der Waals surface area contributed by atoms with Gasteiger partial charge in [-0.15, -0.1) is 0 Å². The zero-order valence-electron chi connectivity index (χ0n) is 11.1. The standard InChI is InChI=1S/C12H17N5O2S/c1-20(18,19)16-6-5-14-8-11-9-15-17-12(11)10-3-2-4-13-7-10/h2-4,7,9,14,16H,5-6,8H2,1H3,(H,15,17). The number of aromatic nitrogens is 3. The van der Waals surface area contributed by atoms with Crippen molar-refractivity contribution in [1.29, 1.82) is 0 Å². The number of aromatic amines is 1. The summed E-state index contributed by atoms with van der Waals surface area (Å²) >= 11 is 0. The molecule has 0 aliphatic heterocycles. The van der Waals surface area contributed by atoms with Crippen LogP contribution < -0.4 is 10.0 Å². The lowest BCUT2D eigenvalue weighted by Gasteiger charge is -2.06. The van der Waals surface area contributed by atoms with E-state index in [-0.39, 0.29) is 0 Å². The first kappa shape index (κ1) is 14.6. The first-order valence-corrected chi connectivity index (χ1v) is 8.03. The quantitative estimate of drug-likeness (QED) is 0.630. The first-order valence-electron chi connectivity index (χ1n) is 6.14. The van der Waals surface area contributed by atoms with Crippen LogP contribution in [0.15, 0.2) is 30.7 Å². The topological polar surface area (TPSA) is 99.8 Å². The third-order valence-electron chi connectivity index (χ3n) is 2.65. The molecule has 0 bridgehead atoms. The van der Waals surface area contributed by atoms with E-state index < -0.39 is 10.0 Å². The van der Waals surface area contributed by atoms with E-state index in [0.29, 0.717) is 19.6 Å². The molecule has 0 aromatic carbocycles. The number of H-pyrrole nitrogens is 1. The number of sulfonamides is 1. The maximum absolute atomic E-state index is 10.9. The molecule has 20 heavy (non-hydrogen) atoms. The summed E-state index contributed by atoms with van der Waals surface area (Å²) in [6, 6.07) is 3.82. The van der Waals surface area contributed by atoms with Crippen molar-refractivity contribution in [3.8, 4) is 11.3 Å². The molecule has 2 aromatic heterocycles. The van der Waals surface area contributed by atoms with E-state index in [4.69, 9.17) is 0 Å². The molecule has 0 saturated carbocycles. The van der Waals surface area contributed by atoms with Crippen molar-refractivity contribution >= 4 is 10.0 Å². The second-order valence-corrected chi connectivity index (χ2v) is 6.19. The molecule has 7 nitrogen and oxygen atoms in total. The summed E-state index contributed by atoms with van der Waals surface area (Å²) in [4.78, 5) is 4.07. The Morgan fingerprint density at radius 1 is 1.30 bits per heavy atom. The molecular weight excluding hydrogens is 278 g/mol. The van der Waals surface area contributed by atoms with Gasteiger partial charge in [0.05, 0.1) is 18.1 Å². The molecular formula is C12H17N5O2S. The predicted octanol–water partition coefficient (Wildman–Crippen LogP) is 0.111. The molecule has 3 N–H and O–H groups in total. The lowest BCUT2D eigenvalue weighted by molar-refractivity contribution is 0.582. The van der Waals surface area contributed by atoms with E-state index in [2.05, 4.69) is 25.2 Å². The highest BCUT2D eigenvalue weighted by Crippen LogP contribution is 2.19. The predicted molar refractivity (Wildman–Crippen MR) is 76.4 cm³/mol. The fourth-order valence-corrected chi connectivity index (χ4v) is 2.23.